The molecule has 1 aromatic heterocycles. The summed E-state index contributed by atoms with van der Waals surface area (Å²) in [5.74, 6) is 0.703. The molecule has 6 nitrogen and oxygen atoms in total. The van der Waals surface area contributed by atoms with Crippen LogP contribution in [0.1, 0.15) is 25.2 Å². The Bertz CT molecular complexity index is 390. The first kappa shape index (κ1) is 11.9. The minimum absolute atomic E-state index is 0.673. The van der Waals surface area contributed by atoms with E-state index in [1.807, 2.05) is 0 Å². The summed E-state index contributed by atoms with van der Waals surface area (Å²) >= 11 is 0. The molecule has 1 aliphatic carbocycles. The van der Waals surface area contributed by atoms with Gasteiger partial charge in [-0.1, -0.05) is 5.10 Å². The standard InChI is InChI=1S/C12H21N5O/c1-16-5-2-6-17(8-7-16)12-15-14-11(18-12)9-13-10-3-4-10/h10,13H,2-9H2,1H3. The molecule has 6 heteroatoms. The second kappa shape index (κ2) is 5.24. The number of nitrogens with one attached hydrogen (secondary N) is 1. The zero-order valence-corrected chi connectivity index (χ0v) is 10.9. The van der Waals surface area contributed by atoms with Crippen LogP contribution >= 0.6 is 0 Å². The maximum atomic E-state index is 5.71. The summed E-state index contributed by atoms with van der Waals surface area (Å²) in [6, 6.07) is 1.35. The van der Waals surface area contributed by atoms with Crippen molar-refractivity contribution in [3.8, 4) is 0 Å². The number of rotatable bonds is 4. The fourth-order valence-electron chi connectivity index (χ4n) is 2.20. The van der Waals surface area contributed by atoms with Crippen molar-refractivity contribution in [2.45, 2.75) is 31.8 Å². The van der Waals surface area contributed by atoms with Gasteiger partial charge < -0.3 is 19.5 Å². The van der Waals surface area contributed by atoms with Gasteiger partial charge in [-0.15, -0.1) is 5.10 Å². The van der Waals surface area contributed by atoms with E-state index in [9.17, 15) is 0 Å². The summed E-state index contributed by atoms with van der Waals surface area (Å²) in [4.78, 5) is 4.53. The van der Waals surface area contributed by atoms with Crippen LogP contribution in [0, 0.1) is 0 Å². The molecule has 1 saturated heterocycles. The third-order valence-electron chi connectivity index (χ3n) is 3.57. The molecule has 1 aliphatic heterocycles. The molecule has 1 N–H and O–H groups in total. The van der Waals surface area contributed by atoms with Crippen molar-refractivity contribution in [2.24, 2.45) is 0 Å². The van der Waals surface area contributed by atoms with Gasteiger partial charge in [0.05, 0.1) is 6.54 Å². The van der Waals surface area contributed by atoms with Crippen LogP contribution < -0.4 is 10.2 Å². The van der Waals surface area contributed by atoms with Gasteiger partial charge in [0.2, 0.25) is 5.89 Å². The minimum Gasteiger partial charge on any atom is -0.407 e. The van der Waals surface area contributed by atoms with E-state index in [1.54, 1.807) is 0 Å². The molecule has 2 heterocycles. The lowest BCUT2D eigenvalue weighted by Gasteiger charge is -2.17. The summed E-state index contributed by atoms with van der Waals surface area (Å²) in [7, 11) is 2.16. The third-order valence-corrected chi connectivity index (χ3v) is 3.57. The molecule has 0 atom stereocenters. The lowest BCUT2D eigenvalue weighted by molar-refractivity contribution is 0.359. The lowest BCUT2D eigenvalue weighted by atomic mass is 10.4. The highest BCUT2D eigenvalue weighted by Crippen LogP contribution is 2.20. The molecular formula is C12H21N5O. The molecule has 100 valence electrons. The van der Waals surface area contributed by atoms with Crippen molar-refractivity contribution < 1.29 is 4.42 Å². The van der Waals surface area contributed by atoms with Crippen molar-refractivity contribution in [2.75, 3.05) is 38.1 Å². The molecule has 0 amide bonds. The molecule has 1 aromatic rings. The molecule has 0 bridgehead atoms. The van der Waals surface area contributed by atoms with Crippen LogP contribution in [0.3, 0.4) is 0 Å². The molecule has 0 unspecified atom stereocenters. The van der Waals surface area contributed by atoms with E-state index < -0.39 is 0 Å². The van der Waals surface area contributed by atoms with Gasteiger partial charge >= 0.3 is 6.01 Å². The van der Waals surface area contributed by atoms with Crippen LogP contribution in [0.4, 0.5) is 6.01 Å². The highest BCUT2D eigenvalue weighted by Gasteiger charge is 2.22. The predicted octanol–water partition coefficient (Wildman–Crippen LogP) is 0.464. The van der Waals surface area contributed by atoms with E-state index in [1.165, 1.54) is 12.8 Å². The Hall–Kier alpha value is -1.14. The van der Waals surface area contributed by atoms with Crippen LogP contribution in [0.2, 0.25) is 0 Å². The monoisotopic (exact) mass is 251 g/mol. The Morgan fingerprint density at radius 2 is 2.11 bits per heavy atom. The topological polar surface area (TPSA) is 57.4 Å². The average Bonchev–Trinajstić information content (AvgIpc) is 3.12. The Labute approximate surface area is 107 Å². The number of hydrogen-bond donors (Lipinski definition) is 1. The Balaban J connectivity index is 1.57. The highest BCUT2D eigenvalue weighted by molar-refractivity contribution is 5.24. The van der Waals surface area contributed by atoms with E-state index >= 15 is 0 Å². The summed E-state index contributed by atoms with van der Waals surface area (Å²) in [6.45, 7) is 4.86. The number of hydrogen-bond acceptors (Lipinski definition) is 6. The van der Waals surface area contributed by atoms with Crippen LogP contribution in [-0.2, 0) is 6.54 Å². The van der Waals surface area contributed by atoms with Crippen molar-refractivity contribution in [3.63, 3.8) is 0 Å². The fraction of sp³-hybridized carbons (Fsp3) is 0.833. The van der Waals surface area contributed by atoms with Gasteiger partial charge in [-0.2, -0.15) is 0 Å². The molecule has 1 saturated carbocycles. The van der Waals surface area contributed by atoms with Gasteiger partial charge in [0.1, 0.15) is 0 Å². The van der Waals surface area contributed by atoms with E-state index in [2.05, 4.69) is 32.4 Å². The molecule has 18 heavy (non-hydrogen) atoms. The lowest BCUT2D eigenvalue weighted by Crippen LogP contribution is -2.28. The Morgan fingerprint density at radius 3 is 2.94 bits per heavy atom. The van der Waals surface area contributed by atoms with Crippen molar-refractivity contribution >= 4 is 6.01 Å². The maximum absolute atomic E-state index is 5.71. The summed E-state index contributed by atoms with van der Waals surface area (Å²) in [5.41, 5.74) is 0. The maximum Gasteiger partial charge on any atom is 0.318 e. The second-order valence-corrected chi connectivity index (χ2v) is 5.28. The van der Waals surface area contributed by atoms with Gasteiger partial charge in [0, 0.05) is 25.7 Å². The van der Waals surface area contributed by atoms with Gasteiger partial charge in [-0.3, -0.25) is 0 Å². The summed E-state index contributed by atoms with van der Waals surface area (Å²) in [5, 5.41) is 11.6. The number of anilines is 1. The van der Waals surface area contributed by atoms with Crippen LogP contribution in [0.25, 0.3) is 0 Å². The zero-order chi connectivity index (χ0) is 12.4. The Kier molecular flexibility index (Phi) is 3.47. The zero-order valence-electron chi connectivity index (χ0n) is 10.9. The largest absolute Gasteiger partial charge is 0.407 e. The predicted molar refractivity (Wildman–Crippen MR) is 68.5 cm³/mol. The second-order valence-electron chi connectivity index (χ2n) is 5.28. The van der Waals surface area contributed by atoms with E-state index in [0.717, 1.165) is 32.6 Å². The smallest absolute Gasteiger partial charge is 0.318 e. The average molecular weight is 251 g/mol. The van der Waals surface area contributed by atoms with Crippen LogP contribution in [0.5, 0.6) is 0 Å². The SMILES string of the molecule is CN1CCCN(c2nnc(CNC3CC3)o2)CC1. The molecule has 2 fully saturated rings. The quantitative estimate of drug-likeness (QED) is 0.839. The van der Waals surface area contributed by atoms with E-state index in [-0.39, 0.29) is 0 Å². The van der Waals surface area contributed by atoms with Crippen molar-refractivity contribution in [1.82, 2.24) is 20.4 Å². The number of nitrogens with zero attached hydrogens (tertiary/aromatic N) is 4. The molecule has 0 radical (unpaired) electrons. The van der Waals surface area contributed by atoms with Gasteiger partial charge in [-0.05, 0) is 32.9 Å². The summed E-state index contributed by atoms with van der Waals surface area (Å²) < 4.78 is 5.71. The van der Waals surface area contributed by atoms with Gasteiger partial charge in [-0.25, -0.2) is 0 Å². The molecule has 0 spiro atoms. The van der Waals surface area contributed by atoms with Crippen LogP contribution in [0.15, 0.2) is 4.42 Å². The Morgan fingerprint density at radius 1 is 1.22 bits per heavy atom. The van der Waals surface area contributed by atoms with Crippen molar-refractivity contribution in [3.05, 3.63) is 5.89 Å². The fourth-order valence-corrected chi connectivity index (χ4v) is 2.20. The third kappa shape index (κ3) is 3.00. The first-order valence-electron chi connectivity index (χ1n) is 6.80. The molecular weight excluding hydrogens is 230 g/mol. The van der Waals surface area contributed by atoms with Crippen molar-refractivity contribution in [1.29, 1.82) is 0 Å². The molecule has 0 aromatic carbocycles. The number of likely N-dealkylation sites (N-methyl/N-ethyl adjacent to an activating group) is 1. The summed E-state index contributed by atoms with van der Waals surface area (Å²) in [6.07, 6.45) is 3.70. The van der Waals surface area contributed by atoms with Gasteiger partial charge in [0.15, 0.2) is 0 Å². The van der Waals surface area contributed by atoms with Crippen LogP contribution in [-0.4, -0.2) is 54.4 Å². The first-order valence-corrected chi connectivity index (χ1v) is 6.80. The normalized spacial score (nSPS) is 22.2. The highest BCUT2D eigenvalue weighted by atomic mass is 16.4. The van der Waals surface area contributed by atoms with E-state index in [4.69, 9.17) is 4.42 Å². The molecule has 2 aliphatic rings. The van der Waals surface area contributed by atoms with E-state index in [0.29, 0.717) is 24.5 Å². The van der Waals surface area contributed by atoms with Gasteiger partial charge in [0.25, 0.3) is 0 Å². The minimum atomic E-state index is 0.673. The first-order chi connectivity index (χ1) is 8.81. The molecule has 3 rings (SSSR count). The number of aromatic nitrogens is 2.